The number of likely N-dealkylation sites (tertiary alicyclic amines) is 1. The minimum atomic E-state index is -0.632. The standard InChI is InChI=1S/C25H30N2O2/c1-2-25(26-23(28)19-9-4-3-5-10-19)21-15-27(16-22(21)25)17-24(29)13-12-18-8-6-7-11-20(18)14-24/h3-11,21-22,29H,2,12-17H2,1H3,(H,26,28). The highest BCUT2D eigenvalue weighted by molar-refractivity contribution is 5.95. The zero-order valence-electron chi connectivity index (χ0n) is 17.1. The molecule has 3 unspecified atom stereocenters. The summed E-state index contributed by atoms with van der Waals surface area (Å²) in [5, 5.41) is 14.6. The van der Waals surface area contributed by atoms with Crippen molar-refractivity contribution < 1.29 is 9.90 Å². The van der Waals surface area contributed by atoms with E-state index in [0.29, 0.717) is 11.8 Å². The third-order valence-corrected chi connectivity index (χ3v) is 7.59. The van der Waals surface area contributed by atoms with E-state index < -0.39 is 5.60 Å². The van der Waals surface area contributed by atoms with Gasteiger partial charge in [-0.2, -0.15) is 0 Å². The molecule has 1 heterocycles. The minimum absolute atomic E-state index is 0.0379. The molecule has 3 aliphatic rings. The van der Waals surface area contributed by atoms with Crippen molar-refractivity contribution in [2.45, 2.75) is 43.7 Å². The van der Waals surface area contributed by atoms with Crippen LogP contribution in [0.25, 0.3) is 0 Å². The largest absolute Gasteiger partial charge is 0.388 e. The number of nitrogens with zero attached hydrogens (tertiary/aromatic N) is 1. The van der Waals surface area contributed by atoms with Gasteiger partial charge >= 0.3 is 0 Å². The Morgan fingerprint density at radius 1 is 1.07 bits per heavy atom. The van der Waals surface area contributed by atoms with Crippen LogP contribution in [0.4, 0.5) is 0 Å². The van der Waals surface area contributed by atoms with Gasteiger partial charge in [0.15, 0.2) is 0 Å². The molecule has 4 nitrogen and oxygen atoms in total. The Bertz CT molecular complexity index is 900. The Morgan fingerprint density at radius 3 is 2.41 bits per heavy atom. The molecule has 2 N–H and O–H groups in total. The molecule has 2 fully saturated rings. The molecule has 4 heteroatoms. The summed E-state index contributed by atoms with van der Waals surface area (Å²) in [6, 6.07) is 18.0. The number of benzene rings is 2. The topological polar surface area (TPSA) is 52.6 Å². The van der Waals surface area contributed by atoms with Gasteiger partial charge in [0, 0.05) is 49.0 Å². The van der Waals surface area contributed by atoms with Crippen molar-refractivity contribution in [1.82, 2.24) is 10.2 Å². The molecule has 0 spiro atoms. The molecule has 1 saturated carbocycles. The van der Waals surface area contributed by atoms with Crippen LogP contribution in [0.3, 0.4) is 0 Å². The fraction of sp³-hybridized carbons (Fsp3) is 0.480. The van der Waals surface area contributed by atoms with Gasteiger partial charge < -0.3 is 10.4 Å². The van der Waals surface area contributed by atoms with Crippen LogP contribution in [0, 0.1) is 11.8 Å². The Morgan fingerprint density at radius 2 is 1.72 bits per heavy atom. The molecule has 1 saturated heterocycles. The van der Waals surface area contributed by atoms with E-state index >= 15 is 0 Å². The molecule has 0 bridgehead atoms. The molecule has 5 rings (SSSR count). The number of piperidine rings is 1. The number of carbonyl (C=O) groups is 1. The molecule has 152 valence electrons. The number of carbonyl (C=O) groups excluding carboxylic acids is 1. The number of amides is 1. The first kappa shape index (κ1) is 18.8. The van der Waals surface area contributed by atoms with Crippen molar-refractivity contribution >= 4 is 5.91 Å². The summed E-state index contributed by atoms with van der Waals surface area (Å²) in [7, 11) is 0. The van der Waals surface area contributed by atoms with Gasteiger partial charge in [-0.1, -0.05) is 49.4 Å². The third-order valence-electron chi connectivity index (χ3n) is 7.59. The Hall–Kier alpha value is -2.17. The van der Waals surface area contributed by atoms with Crippen LogP contribution in [0.1, 0.15) is 41.3 Å². The molecule has 2 aromatic rings. The van der Waals surface area contributed by atoms with Gasteiger partial charge in [-0.05, 0) is 42.5 Å². The summed E-state index contributed by atoms with van der Waals surface area (Å²) in [5.74, 6) is 1.04. The zero-order chi connectivity index (χ0) is 20.1. The van der Waals surface area contributed by atoms with Crippen molar-refractivity contribution in [3.05, 3.63) is 71.3 Å². The highest BCUT2D eigenvalue weighted by Crippen LogP contribution is 2.57. The molecular weight excluding hydrogens is 360 g/mol. The van der Waals surface area contributed by atoms with Gasteiger partial charge in [-0.15, -0.1) is 0 Å². The molecule has 0 aromatic heterocycles. The molecule has 3 atom stereocenters. The number of hydrogen-bond donors (Lipinski definition) is 2. The SMILES string of the molecule is CCC1(NC(=O)c2ccccc2)C2CN(CC3(O)CCc4ccccc4C3)CC21. The van der Waals surface area contributed by atoms with Crippen molar-refractivity contribution in [3.63, 3.8) is 0 Å². The normalized spacial score (nSPS) is 33.0. The molecule has 0 radical (unpaired) electrons. The van der Waals surface area contributed by atoms with Gasteiger partial charge in [-0.3, -0.25) is 9.69 Å². The second-order valence-electron chi connectivity index (χ2n) is 9.29. The third kappa shape index (κ3) is 3.28. The number of β-amino-alcohol motifs (C(OH)–C–C–N with tert-alkyl or cyclic N) is 1. The monoisotopic (exact) mass is 390 g/mol. The second-order valence-corrected chi connectivity index (χ2v) is 9.29. The van der Waals surface area contributed by atoms with Crippen LogP contribution in [0.15, 0.2) is 54.6 Å². The fourth-order valence-electron chi connectivity index (χ4n) is 5.95. The van der Waals surface area contributed by atoms with Crippen LogP contribution in [-0.2, 0) is 12.8 Å². The van der Waals surface area contributed by atoms with Gasteiger partial charge in [0.25, 0.3) is 5.91 Å². The lowest BCUT2D eigenvalue weighted by atomic mass is 9.80. The van der Waals surface area contributed by atoms with E-state index in [1.54, 1.807) is 0 Å². The molecular formula is C25H30N2O2. The van der Waals surface area contributed by atoms with E-state index in [2.05, 4.69) is 41.4 Å². The van der Waals surface area contributed by atoms with Crippen LogP contribution >= 0.6 is 0 Å². The molecule has 2 aliphatic carbocycles. The quantitative estimate of drug-likeness (QED) is 0.825. The summed E-state index contributed by atoms with van der Waals surface area (Å²) in [5.41, 5.74) is 2.72. The predicted octanol–water partition coefficient (Wildman–Crippen LogP) is 3.05. The van der Waals surface area contributed by atoms with E-state index in [9.17, 15) is 9.90 Å². The van der Waals surface area contributed by atoms with Crippen molar-refractivity contribution in [2.75, 3.05) is 19.6 Å². The van der Waals surface area contributed by atoms with Crippen LogP contribution < -0.4 is 5.32 Å². The zero-order valence-corrected chi connectivity index (χ0v) is 17.1. The van der Waals surface area contributed by atoms with Crippen LogP contribution in [0.2, 0.25) is 0 Å². The Balaban J connectivity index is 1.21. The first-order chi connectivity index (χ1) is 14.0. The van der Waals surface area contributed by atoms with E-state index in [0.717, 1.165) is 50.9 Å². The summed E-state index contributed by atoms with van der Waals surface area (Å²) in [6.07, 6.45) is 3.50. The summed E-state index contributed by atoms with van der Waals surface area (Å²) >= 11 is 0. The van der Waals surface area contributed by atoms with Gasteiger partial charge in [0.05, 0.1) is 5.60 Å². The lowest BCUT2D eigenvalue weighted by molar-refractivity contribution is -0.00706. The Kier molecular flexibility index (Phi) is 4.52. The van der Waals surface area contributed by atoms with Gasteiger partial charge in [0.2, 0.25) is 0 Å². The maximum absolute atomic E-state index is 12.7. The van der Waals surface area contributed by atoms with Crippen molar-refractivity contribution in [3.8, 4) is 0 Å². The molecule has 1 aliphatic heterocycles. The van der Waals surface area contributed by atoms with Crippen LogP contribution in [0.5, 0.6) is 0 Å². The smallest absolute Gasteiger partial charge is 0.251 e. The van der Waals surface area contributed by atoms with Crippen molar-refractivity contribution in [1.29, 1.82) is 0 Å². The lowest BCUT2D eigenvalue weighted by Crippen LogP contribution is -2.50. The summed E-state index contributed by atoms with van der Waals surface area (Å²) in [6.45, 7) is 4.86. The Labute approximate surface area is 172 Å². The van der Waals surface area contributed by atoms with Crippen molar-refractivity contribution in [2.24, 2.45) is 11.8 Å². The maximum atomic E-state index is 12.7. The lowest BCUT2D eigenvalue weighted by Gasteiger charge is -2.38. The average molecular weight is 391 g/mol. The van der Waals surface area contributed by atoms with Gasteiger partial charge in [0.1, 0.15) is 0 Å². The predicted molar refractivity (Wildman–Crippen MR) is 114 cm³/mol. The van der Waals surface area contributed by atoms with E-state index in [-0.39, 0.29) is 11.4 Å². The number of aryl methyl sites for hydroxylation is 1. The van der Waals surface area contributed by atoms with E-state index in [1.165, 1.54) is 11.1 Å². The number of rotatable bonds is 5. The highest BCUT2D eigenvalue weighted by Gasteiger charge is 2.67. The fourth-order valence-corrected chi connectivity index (χ4v) is 5.95. The van der Waals surface area contributed by atoms with E-state index in [1.807, 2.05) is 30.3 Å². The first-order valence-corrected chi connectivity index (χ1v) is 10.9. The second kappa shape index (κ2) is 6.96. The number of fused-ring (bicyclic) bond motifs is 2. The van der Waals surface area contributed by atoms with Crippen LogP contribution in [-0.4, -0.2) is 46.7 Å². The molecule has 1 amide bonds. The van der Waals surface area contributed by atoms with E-state index in [4.69, 9.17) is 0 Å². The maximum Gasteiger partial charge on any atom is 0.251 e. The summed E-state index contributed by atoms with van der Waals surface area (Å²) in [4.78, 5) is 15.1. The molecule has 2 aromatic carbocycles. The summed E-state index contributed by atoms with van der Waals surface area (Å²) < 4.78 is 0. The number of aliphatic hydroxyl groups is 1. The van der Waals surface area contributed by atoms with Gasteiger partial charge in [-0.25, -0.2) is 0 Å². The highest BCUT2D eigenvalue weighted by atomic mass is 16.3. The first-order valence-electron chi connectivity index (χ1n) is 10.9. The molecule has 29 heavy (non-hydrogen) atoms. The number of nitrogens with one attached hydrogen (secondary N) is 1. The minimum Gasteiger partial charge on any atom is -0.388 e. The number of hydrogen-bond acceptors (Lipinski definition) is 3. The average Bonchev–Trinajstić information content (AvgIpc) is 3.08.